The molecule has 2 aliphatic heterocycles. The Bertz CT molecular complexity index is 622. The van der Waals surface area contributed by atoms with Gasteiger partial charge < -0.3 is 9.30 Å². The Morgan fingerprint density at radius 3 is 2.91 bits per heavy atom. The maximum absolute atomic E-state index is 13.0. The number of hydrogen-bond donors (Lipinski definition) is 0. The van der Waals surface area contributed by atoms with Crippen LogP contribution >= 0.6 is 23.4 Å². The summed E-state index contributed by atoms with van der Waals surface area (Å²) in [5, 5.41) is 0.106. The van der Waals surface area contributed by atoms with Crippen molar-refractivity contribution in [1.29, 1.82) is 0 Å². The smallest absolute Gasteiger partial charge is 0.264 e. The van der Waals surface area contributed by atoms with Gasteiger partial charge >= 0.3 is 0 Å². The molecule has 3 rings (SSSR count). The first-order chi connectivity index (χ1) is 10.5. The molecule has 9 heteroatoms. The van der Waals surface area contributed by atoms with Gasteiger partial charge in [-0.1, -0.05) is 11.6 Å². The molecule has 0 bridgehead atoms. The van der Waals surface area contributed by atoms with E-state index >= 15 is 0 Å². The third-order valence-corrected chi connectivity index (χ3v) is 7.66. The minimum absolute atomic E-state index is 0.00253. The molecule has 0 radical (unpaired) electrons. The van der Waals surface area contributed by atoms with Crippen LogP contribution in [0.1, 0.15) is 19.3 Å². The lowest BCUT2D eigenvalue weighted by atomic mass is 10.2. The Labute approximate surface area is 140 Å². The number of halogens is 1. The molecular formula is C13H20ClN3O3S2. The molecule has 2 unspecified atom stereocenters. The van der Waals surface area contributed by atoms with Crippen LogP contribution in [0, 0.1) is 0 Å². The zero-order chi connectivity index (χ0) is 15.7. The van der Waals surface area contributed by atoms with Gasteiger partial charge in [0.15, 0.2) is 0 Å². The van der Waals surface area contributed by atoms with Gasteiger partial charge in [0.1, 0.15) is 5.15 Å². The summed E-state index contributed by atoms with van der Waals surface area (Å²) in [6, 6.07) is -0.00253. The van der Waals surface area contributed by atoms with Gasteiger partial charge in [0.05, 0.1) is 12.4 Å². The van der Waals surface area contributed by atoms with E-state index in [-0.39, 0.29) is 22.3 Å². The molecule has 0 saturated carbocycles. The quantitative estimate of drug-likeness (QED) is 0.795. The van der Waals surface area contributed by atoms with Crippen LogP contribution in [0.4, 0.5) is 0 Å². The normalized spacial score (nSPS) is 26.1. The first kappa shape index (κ1) is 16.6. The molecule has 6 nitrogen and oxygen atoms in total. The van der Waals surface area contributed by atoms with Gasteiger partial charge in [0, 0.05) is 32.0 Å². The first-order valence-corrected chi connectivity index (χ1v) is 10.4. The Morgan fingerprint density at radius 1 is 1.55 bits per heavy atom. The molecule has 0 spiro atoms. The summed E-state index contributed by atoms with van der Waals surface area (Å²) < 4.78 is 34.8. The van der Waals surface area contributed by atoms with Crippen LogP contribution in [-0.2, 0) is 21.8 Å². The van der Waals surface area contributed by atoms with Gasteiger partial charge in [-0.05, 0) is 25.0 Å². The maximum Gasteiger partial charge on any atom is 0.264 e. The largest absolute Gasteiger partial charge is 0.377 e. The fourth-order valence-corrected chi connectivity index (χ4v) is 6.26. The van der Waals surface area contributed by atoms with E-state index in [0.29, 0.717) is 13.2 Å². The van der Waals surface area contributed by atoms with Crippen molar-refractivity contribution >= 4 is 33.4 Å². The topological polar surface area (TPSA) is 64.4 Å². The van der Waals surface area contributed by atoms with E-state index in [0.717, 1.165) is 30.8 Å². The van der Waals surface area contributed by atoms with Crippen molar-refractivity contribution in [3.63, 3.8) is 0 Å². The van der Waals surface area contributed by atoms with Crippen LogP contribution in [-0.4, -0.2) is 59.1 Å². The lowest BCUT2D eigenvalue weighted by molar-refractivity contribution is 0.0876. The lowest BCUT2D eigenvalue weighted by Gasteiger charge is -2.29. The summed E-state index contributed by atoms with van der Waals surface area (Å²) in [5.74, 6) is 1.80. The van der Waals surface area contributed by atoms with Crippen LogP contribution in [0.25, 0.3) is 0 Å². The van der Waals surface area contributed by atoms with Crippen molar-refractivity contribution < 1.29 is 13.2 Å². The van der Waals surface area contributed by atoms with Crippen LogP contribution in [0.3, 0.4) is 0 Å². The van der Waals surface area contributed by atoms with Crippen molar-refractivity contribution in [2.75, 3.05) is 24.7 Å². The SMILES string of the molecule is Cn1cnc(S(=O)(=O)N(CC2CCCO2)C2CCSC2)c1Cl. The van der Waals surface area contributed by atoms with Crippen molar-refractivity contribution in [2.45, 2.75) is 36.4 Å². The Morgan fingerprint density at radius 2 is 2.36 bits per heavy atom. The second kappa shape index (κ2) is 6.68. The number of aromatic nitrogens is 2. The van der Waals surface area contributed by atoms with Crippen LogP contribution in [0.2, 0.25) is 5.15 Å². The molecular weight excluding hydrogens is 346 g/mol. The molecule has 0 N–H and O–H groups in total. The van der Waals surface area contributed by atoms with E-state index < -0.39 is 10.0 Å². The summed E-state index contributed by atoms with van der Waals surface area (Å²) >= 11 is 7.90. The highest BCUT2D eigenvalue weighted by Crippen LogP contribution is 2.31. The molecule has 0 aromatic carbocycles. The number of sulfonamides is 1. The average molecular weight is 366 g/mol. The van der Waals surface area contributed by atoms with Crippen LogP contribution < -0.4 is 0 Å². The third kappa shape index (κ3) is 3.17. The van der Waals surface area contributed by atoms with E-state index in [1.165, 1.54) is 10.9 Å². The monoisotopic (exact) mass is 365 g/mol. The highest BCUT2D eigenvalue weighted by atomic mass is 35.5. The van der Waals surface area contributed by atoms with Crippen molar-refractivity contribution in [1.82, 2.24) is 13.9 Å². The number of imidazole rings is 1. The van der Waals surface area contributed by atoms with Gasteiger partial charge in [-0.2, -0.15) is 16.1 Å². The Balaban J connectivity index is 1.90. The van der Waals surface area contributed by atoms with E-state index in [1.807, 2.05) is 0 Å². The third-order valence-electron chi connectivity index (χ3n) is 4.11. The number of rotatable bonds is 5. The number of thioether (sulfide) groups is 1. The molecule has 0 amide bonds. The number of nitrogens with zero attached hydrogens (tertiary/aromatic N) is 3. The predicted molar refractivity (Wildman–Crippen MR) is 86.8 cm³/mol. The van der Waals surface area contributed by atoms with E-state index in [1.54, 1.807) is 23.1 Å². The molecule has 1 aromatic rings. The van der Waals surface area contributed by atoms with Gasteiger partial charge in [0.25, 0.3) is 10.0 Å². The molecule has 2 fully saturated rings. The second-order valence-electron chi connectivity index (χ2n) is 5.68. The van der Waals surface area contributed by atoms with Crippen molar-refractivity contribution in [3.05, 3.63) is 11.5 Å². The zero-order valence-electron chi connectivity index (χ0n) is 12.4. The van der Waals surface area contributed by atoms with Gasteiger partial charge in [-0.25, -0.2) is 13.4 Å². The fourth-order valence-electron chi connectivity index (χ4n) is 2.86. The number of ether oxygens (including phenoxy) is 1. The lowest BCUT2D eigenvalue weighted by Crippen LogP contribution is -2.44. The summed E-state index contributed by atoms with van der Waals surface area (Å²) in [5.41, 5.74) is 0. The Kier molecular flexibility index (Phi) is 5.04. The average Bonchev–Trinajstić information content (AvgIpc) is 3.20. The van der Waals surface area contributed by atoms with Crippen LogP contribution in [0.5, 0.6) is 0 Å². The van der Waals surface area contributed by atoms with Gasteiger partial charge in [-0.15, -0.1) is 0 Å². The molecule has 22 heavy (non-hydrogen) atoms. The predicted octanol–water partition coefficient (Wildman–Crippen LogP) is 1.75. The zero-order valence-corrected chi connectivity index (χ0v) is 14.8. The maximum atomic E-state index is 13.0. The van der Waals surface area contributed by atoms with Crippen LogP contribution in [0.15, 0.2) is 11.4 Å². The summed E-state index contributed by atoms with van der Waals surface area (Å²) in [7, 11) is -2.02. The highest BCUT2D eigenvalue weighted by Gasteiger charge is 2.38. The Hall–Kier alpha value is -0.280. The minimum atomic E-state index is -3.71. The molecule has 2 atom stereocenters. The number of aryl methyl sites for hydroxylation is 1. The molecule has 3 heterocycles. The second-order valence-corrected chi connectivity index (χ2v) is 8.99. The first-order valence-electron chi connectivity index (χ1n) is 7.38. The van der Waals surface area contributed by atoms with E-state index in [9.17, 15) is 8.42 Å². The van der Waals surface area contributed by atoms with E-state index in [4.69, 9.17) is 16.3 Å². The molecule has 1 aromatic heterocycles. The molecule has 2 saturated heterocycles. The summed E-state index contributed by atoms with van der Waals surface area (Å²) in [4.78, 5) is 4.01. The van der Waals surface area contributed by atoms with Gasteiger partial charge in [-0.3, -0.25) is 0 Å². The summed E-state index contributed by atoms with van der Waals surface area (Å²) in [6.07, 6.45) is 4.16. The highest BCUT2D eigenvalue weighted by molar-refractivity contribution is 7.99. The van der Waals surface area contributed by atoms with Crippen molar-refractivity contribution in [2.24, 2.45) is 7.05 Å². The molecule has 2 aliphatic rings. The summed E-state index contributed by atoms with van der Waals surface area (Å²) in [6.45, 7) is 1.10. The fraction of sp³-hybridized carbons (Fsp3) is 0.769. The molecule has 124 valence electrons. The van der Waals surface area contributed by atoms with Gasteiger partial charge in [0.2, 0.25) is 5.03 Å². The van der Waals surface area contributed by atoms with E-state index in [2.05, 4.69) is 4.98 Å². The van der Waals surface area contributed by atoms with Crippen molar-refractivity contribution in [3.8, 4) is 0 Å². The molecule has 0 aliphatic carbocycles. The number of hydrogen-bond acceptors (Lipinski definition) is 5. The standard InChI is InChI=1S/C13H20ClN3O3S2/c1-16-9-15-13(12(16)14)22(18,19)17(10-4-6-21-8-10)7-11-3-2-5-20-11/h9-11H,2-8H2,1H3. The minimum Gasteiger partial charge on any atom is -0.377 e.